The van der Waals surface area contributed by atoms with E-state index >= 15 is 0 Å². The van der Waals surface area contributed by atoms with Crippen LogP contribution >= 0.6 is 0 Å². The molecule has 0 radical (unpaired) electrons. The summed E-state index contributed by atoms with van der Waals surface area (Å²) in [7, 11) is 0. The quantitative estimate of drug-likeness (QED) is 0.789. The fourth-order valence-electron chi connectivity index (χ4n) is 1.96. The molecule has 1 aromatic rings. The number of aromatic amines is 1. The molecule has 1 aliphatic carbocycles. The molecule has 2 rings (SSSR count). The van der Waals surface area contributed by atoms with Crippen LogP contribution in [0.3, 0.4) is 0 Å². The highest BCUT2D eigenvalue weighted by atomic mass is 16.1. The zero-order valence-electron chi connectivity index (χ0n) is 9.21. The Morgan fingerprint density at radius 2 is 2.47 bits per heavy atom. The van der Waals surface area contributed by atoms with Crippen molar-refractivity contribution in [3.05, 3.63) is 22.2 Å². The maximum absolute atomic E-state index is 11.2. The Kier molecular flexibility index (Phi) is 2.75. The van der Waals surface area contributed by atoms with Crippen molar-refractivity contribution in [1.29, 1.82) is 0 Å². The monoisotopic (exact) mass is 207 g/mol. The zero-order chi connectivity index (χ0) is 10.8. The molecule has 0 aromatic carbocycles. The van der Waals surface area contributed by atoms with Gasteiger partial charge in [-0.15, -0.1) is 0 Å². The molecule has 2 N–H and O–H groups in total. The summed E-state index contributed by atoms with van der Waals surface area (Å²) in [6, 6.07) is 2.05. The molecule has 15 heavy (non-hydrogen) atoms. The van der Waals surface area contributed by atoms with Gasteiger partial charge in [-0.1, -0.05) is 13.3 Å². The van der Waals surface area contributed by atoms with Crippen molar-refractivity contribution in [3.63, 3.8) is 0 Å². The lowest BCUT2D eigenvalue weighted by molar-refractivity contribution is 0.692. The summed E-state index contributed by atoms with van der Waals surface area (Å²) in [5, 5.41) is 3.30. The first kappa shape index (κ1) is 10.2. The number of hydrogen-bond donors (Lipinski definition) is 2. The van der Waals surface area contributed by atoms with E-state index in [1.54, 1.807) is 6.92 Å². The van der Waals surface area contributed by atoms with Crippen LogP contribution in [0.4, 0.5) is 5.82 Å². The number of aromatic nitrogens is 2. The minimum atomic E-state index is -0.0855. The molecule has 0 bridgehead atoms. The number of rotatable bonds is 4. The van der Waals surface area contributed by atoms with Gasteiger partial charge in [-0.2, -0.15) is 0 Å². The summed E-state index contributed by atoms with van der Waals surface area (Å²) >= 11 is 0. The number of nitrogens with zero attached hydrogens (tertiary/aromatic N) is 1. The van der Waals surface area contributed by atoms with Crippen LogP contribution < -0.4 is 10.9 Å². The lowest BCUT2D eigenvalue weighted by atomic mass is 10.2. The molecule has 1 heterocycles. The van der Waals surface area contributed by atoms with E-state index in [9.17, 15) is 4.79 Å². The molecule has 0 spiro atoms. The summed E-state index contributed by atoms with van der Waals surface area (Å²) in [4.78, 5) is 18.1. The molecule has 1 aliphatic rings. The van der Waals surface area contributed by atoms with Crippen LogP contribution in [-0.2, 0) is 0 Å². The first-order chi connectivity index (χ1) is 7.19. The van der Waals surface area contributed by atoms with Crippen molar-refractivity contribution in [2.24, 2.45) is 5.92 Å². The predicted molar refractivity (Wildman–Crippen MR) is 60.0 cm³/mol. The highest BCUT2D eigenvalue weighted by molar-refractivity contribution is 5.36. The highest BCUT2D eigenvalue weighted by Gasteiger charge is 2.36. The first-order valence-electron chi connectivity index (χ1n) is 5.53. The zero-order valence-corrected chi connectivity index (χ0v) is 9.21. The molecule has 0 amide bonds. The first-order valence-corrected chi connectivity index (χ1v) is 5.53. The van der Waals surface area contributed by atoms with Gasteiger partial charge in [0.2, 0.25) is 0 Å². The lowest BCUT2D eigenvalue weighted by Crippen LogP contribution is -2.13. The fourth-order valence-corrected chi connectivity index (χ4v) is 1.96. The molecule has 1 fully saturated rings. The van der Waals surface area contributed by atoms with E-state index in [4.69, 9.17) is 0 Å². The second-order valence-electron chi connectivity index (χ2n) is 4.25. The van der Waals surface area contributed by atoms with Crippen molar-refractivity contribution in [2.45, 2.75) is 39.2 Å². The van der Waals surface area contributed by atoms with E-state index in [-0.39, 0.29) is 5.56 Å². The Hall–Kier alpha value is -1.32. The fraction of sp³-hybridized carbons (Fsp3) is 0.636. The van der Waals surface area contributed by atoms with Gasteiger partial charge in [-0.3, -0.25) is 4.79 Å². The highest BCUT2D eigenvalue weighted by Crippen LogP contribution is 2.36. The third-order valence-electron chi connectivity index (χ3n) is 2.78. The number of anilines is 1. The van der Waals surface area contributed by atoms with Crippen LogP contribution in [0.15, 0.2) is 10.9 Å². The van der Waals surface area contributed by atoms with E-state index in [1.165, 1.54) is 25.3 Å². The molecule has 0 aliphatic heterocycles. The van der Waals surface area contributed by atoms with Crippen LogP contribution in [0.2, 0.25) is 0 Å². The molecular formula is C11H17N3O. The van der Waals surface area contributed by atoms with Crippen molar-refractivity contribution in [2.75, 3.05) is 5.32 Å². The van der Waals surface area contributed by atoms with Crippen LogP contribution in [0, 0.1) is 12.8 Å². The molecule has 82 valence electrons. The van der Waals surface area contributed by atoms with Crippen LogP contribution in [0.25, 0.3) is 0 Å². The van der Waals surface area contributed by atoms with Gasteiger partial charge in [0.1, 0.15) is 11.6 Å². The number of hydrogen-bond acceptors (Lipinski definition) is 3. The molecule has 2 unspecified atom stereocenters. The molecule has 4 heteroatoms. The van der Waals surface area contributed by atoms with Gasteiger partial charge in [-0.05, 0) is 25.7 Å². The smallest absolute Gasteiger partial charge is 0.252 e. The minimum absolute atomic E-state index is 0.0855. The Balaban J connectivity index is 1.97. The lowest BCUT2D eigenvalue weighted by Gasteiger charge is -2.04. The summed E-state index contributed by atoms with van der Waals surface area (Å²) in [6.45, 7) is 3.99. The van der Waals surface area contributed by atoms with Crippen molar-refractivity contribution < 1.29 is 0 Å². The predicted octanol–water partition coefficient (Wildman–Crippen LogP) is 1.68. The van der Waals surface area contributed by atoms with Gasteiger partial charge >= 0.3 is 0 Å². The molecule has 1 aromatic heterocycles. The Morgan fingerprint density at radius 3 is 3.13 bits per heavy atom. The summed E-state index contributed by atoms with van der Waals surface area (Å²) in [6.07, 6.45) is 3.70. The number of H-pyrrole nitrogens is 1. The van der Waals surface area contributed by atoms with Crippen molar-refractivity contribution in [1.82, 2.24) is 9.97 Å². The van der Waals surface area contributed by atoms with Crippen molar-refractivity contribution in [3.8, 4) is 0 Å². The van der Waals surface area contributed by atoms with Gasteiger partial charge < -0.3 is 10.3 Å². The standard InChI is InChI=1S/C11H17N3O/c1-3-4-8-5-9(8)14-10-6-11(15)13-7(2)12-10/h6,8-9H,3-5H2,1-2H3,(H2,12,13,14,15). The number of aryl methyl sites for hydroxylation is 1. The minimum Gasteiger partial charge on any atom is -0.367 e. The Labute approximate surface area is 89.1 Å². The normalized spacial score (nSPS) is 23.9. The summed E-state index contributed by atoms with van der Waals surface area (Å²) < 4.78 is 0. The topological polar surface area (TPSA) is 57.8 Å². The van der Waals surface area contributed by atoms with Crippen LogP contribution in [-0.4, -0.2) is 16.0 Å². The van der Waals surface area contributed by atoms with E-state index in [0.29, 0.717) is 17.7 Å². The third-order valence-corrected chi connectivity index (χ3v) is 2.78. The third kappa shape index (κ3) is 2.58. The molecule has 1 saturated carbocycles. The summed E-state index contributed by atoms with van der Waals surface area (Å²) in [5.74, 6) is 2.15. The van der Waals surface area contributed by atoms with Crippen molar-refractivity contribution >= 4 is 5.82 Å². The van der Waals surface area contributed by atoms with E-state index in [0.717, 1.165) is 5.92 Å². The second-order valence-corrected chi connectivity index (χ2v) is 4.25. The van der Waals surface area contributed by atoms with E-state index in [1.807, 2.05) is 0 Å². The van der Waals surface area contributed by atoms with Gasteiger partial charge in [0.25, 0.3) is 5.56 Å². The Morgan fingerprint density at radius 1 is 1.67 bits per heavy atom. The second kappa shape index (κ2) is 4.04. The molecule has 4 nitrogen and oxygen atoms in total. The van der Waals surface area contributed by atoms with Gasteiger partial charge in [-0.25, -0.2) is 4.98 Å². The largest absolute Gasteiger partial charge is 0.367 e. The van der Waals surface area contributed by atoms with Gasteiger partial charge in [0.15, 0.2) is 0 Å². The Bertz CT molecular complexity index is 399. The van der Waals surface area contributed by atoms with Crippen LogP contribution in [0.5, 0.6) is 0 Å². The van der Waals surface area contributed by atoms with Gasteiger partial charge in [0.05, 0.1) is 0 Å². The SMILES string of the molecule is CCCC1CC1Nc1cc(=O)[nH]c(C)n1. The average Bonchev–Trinajstić information content (AvgIpc) is 2.82. The van der Waals surface area contributed by atoms with Gasteiger partial charge in [0, 0.05) is 12.1 Å². The number of nitrogens with one attached hydrogen (secondary N) is 2. The summed E-state index contributed by atoms with van der Waals surface area (Å²) in [5.41, 5.74) is -0.0855. The van der Waals surface area contributed by atoms with E-state index < -0.39 is 0 Å². The van der Waals surface area contributed by atoms with E-state index in [2.05, 4.69) is 22.2 Å². The molecular weight excluding hydrogens is 190 g/mol. The van der Waals surface area contributed by atoms with Crippen LogP contribution in [0.1, 0.15) is 32.0 Å². The molecule has 2 atom stereocenters. The molecule has 0 saturated heterocycles. The maximum Gasteiger partial charge on any atom is 0.252 e. The average molecular weight is 207 g/mol. The maximum atomic E-state index is 11.2.